The van der Waals surface area contributed by atoms with Gasteiger partial charge in [0.1, 0.15) is 0 Å². The lowest BCUT2D eigenvalue weighted by atomic mass is 10.2. The van der Waals surface area contributed by atoms with E-state index in [1.807, 2.05) is 24.3 Å². The average Bonchev–Trinajstić information content (AvgIpc) is 2.45. The van der Waals surface area contributed by atoms with Gasteiger partial charge in [-0.15, -0.1) is 24.2 Å². The molecule has 8 heteroatoms. The van der Waals surface area contributed by atoms with Crippen LogP contribution in [0.5, 0.6) is 0 Å². The zero-order chi connectivity index (χ0) is 15.9. The summed E-state index contributed by atoms with van der Waals surface area (Å²) in [4.78, 5) is 23.7. The Hall–Kier alpha value is -0.760. The van der Waals surface area contributed by atoms with E-state index in [9.17, 15) is 9.59 Å². The molecule has 0 bridgehead atoms. The number of rotatable bonds is 7. The number of carbonyl (C=O) groups excluding carboxylic acids is 2. The van der Waals surface area contributed by atoms with Gasteiger partial charge in [0, 0.05) is 20.7 Å². The Morgan fingerprint density at radius 2 is 1.77 bits per heavy atom. The van der Waals surface area contributed by atoms with Crippen LogP contribution in [0.1, 0.15) is 13.8 Å². The minimum Gasteiger partial charge on any atom is -0.353 e. The molecule has 1 aromatic rings. The van der Waals surface area contributed by atoms with Crippen LogP contribution in [-0.2, 0) is 9.59 Å². The highest BCUT2D eigenvalue weighted by Crippen LogP contribution is 2.32. The maximum absolute atomic E-state index is 11.6. The highest BCUT2D eigenvalue weighted by atomic mass is 79.9. The van der Waals surface area contributed by atoms with Gasteiger partial charge in [-0.2, -0.15) is 0 Å². The fourth-order valence-corrected chi connectivity index (χ4v) is 2.80. The molecule has 0 saturated carbocycles. The third-order valence-electron chi connectivity index (χ3n) is 2.55. The van der Waals surface area contributed by atoms with Crippen LogP contribution in [0.2, 0.25) is 0 Å². The van der Waals surface area contributed by atoms with Crippen molar-refractivity contribution >= 4 is 51.9 Å². The van der Waals surface area contributed by atoms with Crippen LogP contribution < -0.4 is 16.4 Å². The average molecular weight is 411 g/mol. The number of hydrogen-bond donors (Lipinski definition) is 3. The van der Waals surface area contributed by atoms with Gasteiger partial charge in [0.2, 0.25) is 11.8 Å². The molecule has 0 atom stereocenters. The third kappa shape index (κ3) is 8.63. The first-order chi connectivity index (χ1) is 9.82. The molecule has 0 aliphatic carbocycles. The number of nitrogens with two attached hydrogens (primary N) is 1. The topological polar surface area (TPSA) is 84.2 Å². The second-order valence-corrected chi connectivity index (χ2v) is 7.77. The molecule has 0 heterocycles. The van der Waals surface area contributed by atoms with E-state index in [1.165, 1.54) is 0 Å². The summed E-state index contributed by atoms with van der Waals surface area (Å²) >= 11 is 5.08. The van der Waals surface area contributed by atoms with Gasteiger partial charge in [-0.1, -0.05) is 15.9 Å². The van der Waals surface area contributed by atoms with E-state index in [4.69, 9.17) is 5.73 Å². The summed E-state index contributed by atoms with van der Waals surface area (Å²) in [6, 6.07) is 8.03. The summed E-state index contributed by atoms with van der Waals surface area (Å²) in [6.45, 7) is 4.45. The molecule has 0 spiro atoms. The zero-order valence-corrected chi connectivity index (χ0v) is 15.7. The standard InChI is InChI=1S/C14H20BrN3O2S.ClH/c1-14(2,21-11-5-3-10(15)4-6-11)9-18-13(20)8-17-12(19)7-16;/h3-6H,7-9,16H2,1-2H3,(H,17,19)(H,18,20);1H. The quantitative estimate of drug-likeness (QED) is 0.600. The third-order valence-corrected chi connectivity index (χ3v) is 4.28. The Morgan fingerprint density at radius 1 is 1.18 bits per heavy atom. The Bertz CT molecular complexity index is 497. The van der Waals surface area contributed by atoms with E-state index >= 15 is 0 Å². The first-order valence-corrected chi connectivity index (χ1v) is 8.11. The molecule has 0 aliphatic rings. The molecule has 0 saturated heterocycles. The zero-order valence-electron chi connectivity index (χ0n) is 12.5. The van der Waals surface area contributed by atoms with E-state index in [0.29, 0.717) is 6.54 Å². The molecule has 0 radical (unpaired) electrons. The van der Waals surface area contributed by atoms with Gasteiger partial charge >= 0.3 is 0 Å². The number of hydrogen-bond acceptors (Lipinski definition) is 4. The molecule has 22 heavy (non-hydrogen) atoms. The van der Waals surface area contributed by atoms with E-state index in [-0.39, 0.29) is 42.1 Å². The van der Waals surface area contributed by atoms with Crippen LogP contribution in [0.15, 0.2) is 33.6 Å². The van der Waals surface area contributed by atoms with Crippen molar-refractivity contribution in [3.63, 3.8) is 0 Å². The molecular formula is C14H21BrClN3O2S. The van der Waals surface area contributed by atoms with Crippen molar-refractivity contribution in [2.75, 3.05) is 19.6 Å². The van der Waals surface area contributed by atoms with Crippen LogP contribution in [0, 0.1) is 0 Å². The molecule has 1 rings (SSSR count). The van der Waals surface area contributed by atoms with Crippen LogP contribution >= 0.6 is 40.1 Å². The Balaban J connectivity index is 0.00000441. The normalized spacial score (nSPS) is 10.5. The SMILES string of the molecule is CC(C)(CNC(=O)CNC(=O)CN)Sc1ccc(Br)cc1.Cl. The largest absolute Gasteiger partial charge is 0.353 e. The molecule has 5 nitrogen and oxygen atoms in total. The lowest BCUT2D eigenvalue weighted by Crippen LogP contribution is -2.43. The summed E-state index contributed by atoms with van der Waals surface area (Å²) in [5.41, 5.74) is 5.15. The minimum atomic E-state index is -0.339. The maximum atomic E-state index is 11.6. The molecule has 0 aliphatic heterocycles. The predicted molar refractivity (Wildman–Crippen MR) is 96.4 cm³/mol. The van der Waals surface area contributed by atoms with Gasteiger partial charge in [0.15, 0.2) is 0 Å². The number of carbonyl (C=O) groups is 2. The number of amides is 2. The van der Waals surface area contributed by atoms with Crippen molar-refractivity contribution in [1.82, 2.24) is 10.6 Å². The smallest absolute Gasteiger partial charge is 0.239 e. The van der Waals surface area contributed by atoms with E-state index < -0.39 is 0 Å². The lowest BCUT2D eigenvalue weighted by molar-refractivity contribution is -0.125. The van der Waals surface area contributed by atoms with Crippen molar-refractivity contribution in [3.05, 3.63) is 28.7 Å². The summed E-state index contributed by atoms with van der Waals surface area (Å²) in [5, 5.41) is 5.25. The van der Waals surface area contributed by atoms with Crippen molar-refractivity contribution < 1.29 is 9.59 Å². The van der Waals surface area contributed by atoms with Crippen LogP contribution in [0.4, 0.5) is 0 Å². The predicted octanol–water partition coefficient (Wildman–Crippen LogP) is 1.93. The minimum absolute atomic E-state index is 0. The number of benzene rings is 1. The van der Waals surface area contributed by atoms with Gasteiger partial charge < -0.3 is 16.4 Å². The van der Waals surface area contributed by atoms with Gasteiger partial charge in [0.05, 0.1) is 13.1 Å². The number of halogens is 2. The first-order valence-electron chi connectivity index (χ1n) is 6.50. The molecule has 0 fully saturated rings. The molecule has 4 N–H and O–H groups in total. The van der Waals surface area contributed by atoms with Crippen molar-refractivity contribution in [2.45, 2.75) is 23.5 Å². The summed E-state index contributed by atoms with van der Waals surface area (Å²) in [6.07, 6.45) is 0. The van der Waals surface area contributed by atoms with Crippen LogP contribution in [0.25, 0.3) is 0 Å². The highest BCUT2D eigenvalue weighted by Gasteiger charge is 2.20. The van der Waals surface area contributed by atoms with Gasteiger partial charge in [-0.05, 0) is 38.1 Å². The van der Waals surface area contributed by atoms with E-state index in [2.05, 4.69) is 40.4 Å². The Morgan fingerprint density at radius 3 is 2.32 bits per heavy atom. The number of nitrogens with one attached hydrogen (secondary N) is 2. The Kier molecular flexibility index (Phi) is 9.75. The maximum Gasteiger partial charge on any atom is 0.239 e. The molecular weight excluding hydrogens is 390 g/mol. The second-order valence-electron chi connectivity index (χ2n) is 5.07. The van der Waals surface area contributed by atoms with E-state index in [1.54, 1.807) is 11.8 Å². The fraction of sp³-hybridized carbons (Fsp3) is 0.429. The second kappa shape index (κ2) is 10.1. The van der Waals surface area contributed by atoms with Crippen LogP contribution in [-0.4, -0.2) is 36.2 Å². The number of thioether (sulfide) groups is 1. The van der Waals surface area contributed by atoms with Crippen molar-refractivity contribution in [1.29, 1.82) is 0 Å². The molecule has 2 amide bonds. The summed E-state index contributed by atoms with van der Waals surface area (Å²) < 4.78 is 0.884. The Labute approximate surface area is 149 Å². The molecule has 0 unspecified atom stereocenters. The molecule has 124 valence electrons. The van der Waals surface area contributed by atoms with E-state index in [0.717, 1.165) is 9.37 Å². The van der Waals surface area contributed by atoms with Crippen molar-refractivity contribution in [3.8, 4) is 0 Å². The molecule has 0 aromatic heterocycles. The summed E-state index contributed by atoms with van der Waals surface area (Å²) in [5.74, 6) is -0.560. The van der Waals surface area contributed by atoms with Gasteiger partial charge in [-0.3, -0.25) is 9.59 Å². The fourth-order valence-electron chi connectivity index (χ4n) is 1.48. The highest BCUT2D eigenvalue weighted by molar-refractivity contribution is 9.10. The lowest BCUT2D eigenvalue weighted by Gasteiger charge is -2.24. The van der Waals surface area contributed by atoms with Crippen LogP contribution in [0.3, 0.4) is 0 Å². The van der Waals surface area contributed by atoms with Gasteiger partial charge in [-0.25, -0.2) is 0 Å². The first kappa shape index (κ1) is 21.2. The van der Waals surface area contributed by atoms with Gasteiger partial charge in [0.25, 0.3) is 0 Å². The van der Waals surface area contributed by atoms with Crippen molar-refractivity contribution in [2.24, 2.45) is 5.73 Å². The monoisotopic (exact) mass is 409 g/mol. The summed E-state index contributed by atoms with van der Waals surface area (Å²) in [7, 11) is 0. The molecule has 1 aromatic carbocycles.